The molecule has 6 N–H and O–H groups in total. The first-order valence-electron chi connectivity index (χ1n) is 12.5. The summed E-state index contributed by atoms with van der Waals surface area (Å²) < 4.78 is 5.11. The van der Waals surface area contributed by atoms with E-state index in [1.807, 2.05) is 0 Å². The van der Waals surface area contributed by atoms with Crippen LogP contribution in [0.1, 0.15) is 58.0 Å². The Balaban J connectivity index is 0.000000233. The summed E-state index contributed by atoms with van der Waals surface area (Å²) in [5, 5.41) is 59.0. The summed E-state index contributed by atoms with van der Waals surface area (Å²) in [5.41, 5.74) is 2.54. The molecular formula is C32H30O9. The van der Waals surface area contributed by atoms with Gasteiger partial charge in [0.25, 0.3) is 0 Å². The number of hydrogen-bond acceptors (Lipinski definition) is 9. The lowest BCUT2D eigenvalue weighted by Crippen LogP contribution is -2.20. The van der Waals surface area contributed by atoms with Crippen LogP contribution in [0.3, 0.4) is 0 Å². The quantitative estimate of drug-likeness (QED) is 0.179. The maximum atomic E-state index is 12.8. The Bertz CT molecular complexity index is 1620. The van der Waals surface area contributed by atoms with Gasteiger partial charge in [-0.3, -0.25) is 9.59 Å². The van der Waals surface area contributed by atoms with Crippen LogP contribution in [0.15, 0.2) is 66.7 Å². The van der Waals surface area contributed by atoms with Crippen LogP contribution in [-0.4, -0.2) is 48.8 Å². The standard InChI is InChI=1S/C22H18O5.C9H8O4.CH4/c23-14-7-5-12(6-8-14)13-9-16-21(15-3-1-2-4-17(15)24)19(26)11-20(27)22(16)18(25)10-13;10-5-3-7(12)9-6(11)1-2-13-8(9)4-5;/h1-8,11,13,23-24,26-27H,9-10H2;3-4,10,12H,1-2H2;1H4/t13-;;/m0../s1. The zero-order valence-electron chi connectivity index (χ0n) is 21.2. The average molecular weight is 559 g/mol. The number of benzene rings is 4. The molecule has 1 heterocycles. The predicted octanol–water partition coefficient (Wildman–Crippen LogP) is 5.79. The van der Waals surface area contributed by atoms with Crippen LogP contribution in [0.25, 0.3) is 11.1 Å². The topological polar surface area (TPSA) is 165 Å². The summed E-state index contributed by atoms with van der Waals surface area (Å²) >= 11 is 0. The second kappa shape index (κ2) is 11.5. The van der Waals surface area contributed by atoms with Crippen molar-refractivity contribution >= 4 is 11.6 Å². The molecule has 4 aromatic carbocycles. The lowest BCUT2D eigenvalue weighted by molar-refractivity contribution is 0.0927. The van der Waals surface area contributed by atoms with Gasteiger partial charge in [-0.15, -0.1) is 0 Å². The van der Waals surface area contributed by atoms with Crippen LogP contribution < -0.4 is 4.74 Å². The van der Waals surface area contributed by atoms with Crippen LogP contribution in [-0.2, 0) is 6.42 Å². The highest BCUT2D eigenvalue weighted by atomic mass is 16.5. The van der Waals surface area contributed by atoms with Crippen LogP contribution in [0.5, 0.6) is 40.2 Å². The van der Waals surface area contributed by atoms with Crippen molar-refractivity contribution < 1.29 is 45.0 Å². The first-order chi connectivity index (χ1) is 19.1. The van der Waals surface area contributed by atoms with Crippen molar-refractivity contribution in [3.8, 4) is 51.4 Å². The maximum Gasteiger partial charge on any atom is 0.173 e. The molecule has 0 spiro atoms. The van der Waals surface area contributed by atoms with Crippen LogP contribution >= 0.6 is 0 Å². The Hall–Kier alpha value is -5.18. The fraction of sp³-hybridized carbons (Fsp3) is 0.188. The number of aromatic hydroxyl groups is 6. The van der Waals surface area contributed by atoms with Crippen molar-refractivity contribution in [2.45, 2.75) is 32.6 Å². The van der Waals surface area contributed by atoms with Crippen molar-refractivity contribution in [1.29, 1.82) is 0 Å². The number of carbonyl (C=O) groups is 2. The third-order valence-corrected chi connectivity index (χ3v) is 7.02. The Labute approximate surface area is 236 Å². The Kier molecular flexibility index (Phi) is 8.09. The molecule has 1 aliphatic heterocycles. The smallest absolute Gasteiger partial charge is 0.173 e. The molecule has 6 rings (SSSR count). The summed E-state index contributed by atoms with van der Waals surface area (Å²) in [6.45, 7) is 0.300. The number of hydrogen-bond donors (Lipinski definition) is 6. The van der Waals surface area contributed by atoms with E-state index >= 15 is 0 Å². The molecule has 4 aromatic rings. The van der Waals surface area contributed by atoms with Gasteiger partial charge in [0, 0.05) is 42.2 Å². The molecule has 0 unspecified atom stereocenters. The Morgan fingerprint density at radius 2 is 1.29 bits per heavy atom. The van der Waals surface area contributed by atoms with E-state index in [9.17, 15) is 35.1 Å². The molecule has 2 aliphatic rings. The molecule has 0 radical (unpaired) electrons. The zero-order chi connectivity index (χ0) is 28.6. The van der Waals surface area contributed by atoms with Gasteiger partial charge in [0.05, 0.1) is 12.2 Å². The highest BCUT2D eigenvalue weighted by molar-refractivity contribution is 6.04. The number of ketones is 2. The third-order valence-electron chi connectivity index (χ3n) is 7.02. The van der Waals surface area contributed by atoms with Gasteiger partial charge >= 0.3 is 0 Å². The van der Waals surface area contributed by atoms with Gasteiger partial charge in [-0.25, -0.2) is 0 Å². The van der Waals surface area contributed by atoms with Crippen LogP contribution in [0.4, 0.5) is 0 Å². The van der Waals surface area contributed by atoms with E-state index in [0.29, 0.717) is 29.7 Å². The highest BCUT2D eigenvalue weighted by Gasteiger charge is 2.33. The summed E-state index contributed by atoms with van der Waals surface area (Å²) in [6.07, 6.45) is 0.902. The molecule has 1 aliphatic carbocycles. The van der Waals surface area contributed by atoms with Crippen LogP contribution in [0, 0.1) is 0 Å². The van der Waals surface area contributed by atoms with Gasteiger partial charge in [0.1, 0.15) is 45.8 Å². The molecule has 0 saturated heterocycles. The van der Waals surface area contributed by atoms with E-state index in [0.717, 1.165) is 17.7 Å². The van der Waals surface area contributed by atoms with Gasteiger partial charge in [0.15, 0.2) is 11.6 Å². The number of Topliss-reactive ketones (excluding diaryl/α,β-unsaturated/α-hetero) is 2. The van der Waals surface area contributed by atoms with Crippen molar-refractivity contribution in [3.05, 3.63) is 89.0 Å². The van der Waals surface area contributed by atoms with Crippen molar-refractivity contribution in [1.82, 2.24) is 0 Å². The second-order valence-electron chi connectivity index (χ2n) is 9.64. The van der Waals surface area contributed by atoms with Gasteiger partial charge in [-0.05, 0) is 41.7 Å². The van der Waals surface area contributed by atoms with E-state index in [1.165, 1.54) is 12.1 Å². The Morgan fingerprint density at radius 3 is 2.00 bits per heavy atom. The number of phenols is 6. The molecule has 9 heteroatoms. The van der Waals surface area contributed by atoms with Crippen molar-refractivity contribution in [3.63, 3.8) is 0 Å². The van der Waals surface area contributed by atoms with E-state index in [-0.39, 0.29) is 89.1 Å². The van der Waals surface area contributed by atoms with Crippen molar-refractivity contribution in [2.75, 3.05) is 6.61 Å². The highest BCUT2D eigenvalue weighted by Crippen LogP contribution is 2.47. The first kappa shape index (κ1) is 28.8. The predicted molar refractivity (Wildman–Crippen MR) is 151 cm³/mol. The van der Waals surface area contributed by atoms with Gasteiger partial charge in [-0.2, -0.15) is 0 Å². The molecule has 0 aromatic heterocycles. The molecule has 0 bridgehead atoms. The molecule has 0 saturated carbocycles. The lowest BCUT2D eigenvalue weighted by atomic mass is 9.76. The second-order valence-corrected chi connectivity index (χ2v) is 9.64. The van der Waals surface area contributed by atoms with Gasteiger partial charge in [0.2, 0.25) is 0 Å². The molecule has 0 amide bonds. The lowest BCUT2D eigenvalue weighted by Gasteiger charge is -2.27. The number of fused-ring (bicyclic) bond motifs is 2. The van der Waals surface area contributed by atoms with E-state index in [1.54, 1.807) is 42.5 Å². The largest absolute Gasteiger partial charge is 0.508 e. The summed E-state index contributed by atoms with van der Waals surface area (Å²) in [4.78, 5) is 24.1. The summed E-state index contributed by atoms with van der Waals surface area (Å²) in [6, 6.07) is 16.9. The molecule has 0 fully saturated rings. The van der Waals surface area contributed by atoms with Crippen LogP contribution in [0.2, 0.25) is 0 Å². The average Bonchev–Trinajstić information content (AvgIpc) is 2.89. The summed E-state index contributed by atoms with van der Waals surface area (Å²) in [7, 11) is 0. The number of phenolic OH excluding ortho intramolecular Hbond substituents is 6. The minimum absolute atomic E-state index is 0. The monoisotopic (exact) mass is 558 g/mol. The van der Waals surface area contributed by atoms with Crippen molar-refractivity contribution in [2.24, 2.45) is 0 Å². The third kappa shape index (κ3) is 5.60. The first-order valence-corrected chi connectivity index (χ1v) is 12.5. The van der Waals surface area contributed by atoms with Gasteiger partial charge in [-0.1, -0.05) is 37.8 Å². The zero-order valence-corrected chi connectivity index (χ0v) is 21.2. The minimum Gasteiger partial charge on any atom is -0.508 e. The fourth-order valence-electron chi connectivity index (χ4n) is 5.19. The molecule has 9 nitrogen and oxygen atoms in total. The molecule has 212 valence electrons. The summed E-state index contributed by atoms with van der Waals surface area (Å²) in [5.74, 6) is -0.910. The minimum atomic E-state index is -0.254. The molecular weight excluding hydrogens is 528 g/mol. The SMILES string of the molecule is C.O=C1CCOc2cc(O)cc(O)c21.O=C1C[C@@H](c2ccc(O)cc2)Cc2c1c(O)cc(O)c2-c1ccccc1O. The number of ether oxygens (including phenoxy) is 1. The fourth-order valence-corrected chi connectivity index (χ4v) is 5.19. The van der Waals surface area contributed by atoms with E-state index in [4.69, 9.17) is 9.84 Å². The van der Waals surface area contributed by atoms with Gasteiger partial charge < -0.3 is 35.4 Å². The number of para-hydroxylation sites is 1. The normalized spacial score (nSPS) is 15.4. The number of rotatable bonds is 2. The van der Waals surface area contributed by atoms with E-state index in [2.05, 4.69) is 0 Å². The Morgan fingerprint density at radius 1 is 0.634 bits per heavy atom. The molecule has 1 atom stereocenters. The number of carbonyl (C=O) groups excluding carboxylic acids is 2. The molecule has 41 heavy (non-hydrogen) atoms. The van der Waals surface area contributed by atoms with E-state index < -0.39 is 0 Å². The maximum absolute atomic E-state index is 12.8.